The highest BCUT2D eigenvalue weighted by Crippen LogP contribution is 2.30. The molecule has 120 valence electrons. The van der Waals surface area contributed by atoms with Crippen LogP contribution in [0, 0.1) is 18.7 Å². The van der Waals surface area contributed by atoms with E-state index in [-0.39, 0.29) is 27.2 Å². The van der Waals surface area contributed by atoms with E-state index in [1.165, 1.54) is 25.1 Å². The Morgan fingerprint density at radius 3 is 2.61 bits per heavy atom. The summed E-state index contributed by atoms with van der Waals surface area (Å²) >= 11 is 5.92. The molecule has 23 heavy (non-hydrogen) atoms. The molecule has 2 N–H and O–H groups in total. The third-order valence-corrected chi connectivity index (χ3v) is 4.56. The minimum absolute atomic E-state index is 0.104. The van der Waals surface area contributed by atoms with Gasteiger partial charge in [-0.3, -0.25) is 0 Å². The molecule has 0 atom stereocenters. The summed E-state index contributed by atoms with van der Waals surface area (Å²) in [7, 11) is -4.06. The largest absolute Gasteiger partial charge is 0.311 e. The Morgan fingerprint density at radius 1 is 1.26 bits per heavy atom. The van der Waals surface area contributed by atoms with E-state index in [0.717, 1.165) is 16.8 Å². The molecular weight excluding hydrogens is 348 g/mol. The van der Waals surface area contributed by atoms with Crippen molar-refractivity contribution in [2.24, 2.45) is 5.14 Å². The van der Waals surface area contributed by atoms with Crippen LogP contribution in [0.5, 0.6) is 0 Å². The van der Waals surface area contributed by atoms with E-state index in [1.54, 1.807) is 0 Å². The van der Waals surface area contributed by atoms with Gasteiger partial charge in [-0.1, -0.05) is 11.6 Å². The van der Waals surface area contributed by atoms with Gasteiger partial charge in [-0.15, -0.1) is 0 Å². The summed E-state index contributed by atoms with van der Waals surface area (Å²) < 4.78 is 52.5. The number of aromatic nitrogens is 2. The van der Waals surface area contributed by atoms with Crippen molar-refractivity contribution in [2.45, 2.75) is 11.8 Å². The molecule has 0 amide bonds. The fraction of sp³-hybridized carbons (Fsp3) is 0.0714. The first-order chi connectivity index (χ1) is 10.7. The van der Waals surface area contributed by atoms with Crippen molar-refractivity contribution < 1.29 is 17.2 Å². The highest BCUT2D eigenvalue weighted by Gasteiger charge is 2.21. The molecule has 0 aliphatic rings. The first kappa shape index (κ1) is 15.9. The van der Waals surface area contributed by atoms with E-state index in [1.807, 2.05) is 0 Å². The lowest BCUT2D eigenvalue weighted by molar-refractivity contribution is 0.544. The Morgan fingerprint density at radius 2 is 1.96 bits per heavy atom. The summed E-state index contributed by atoms with van der Waals surface area (Å²) in [6.07, 6.45) is 1.12. The number of benzene rings is 1. The lowest BCUT2D eigenvalue weighted by atomic mass is 10.2. The van der Waals surface area contributed by atoms with Crippen molar-refractivity contribution in [3.63, 3.8) is 0 Å². The molecule has 0 radical (unpaired) electrons. The van der Waals surface area contributed by atoms with Crippen LogP contribution in [-0.2, 0) is 10.0 Å². The van der Waals surface area contributed by atoms with Crippen molar-refractivity contribution in [1.82, 2.24) is 9.55 Å². The van der Waals surface area contributed by atoms with E-state index in [0.29, 0.717) is 5.02 Å². The first-order valence-electron chi connectivity index (χ1n) is 6.35. The van der Waals surface area contributed by atoms with Crippen molar-refractivity contribution in [3.8, 4) is 5.69 Å². The number of sulfonamides is 1. The molecule has 3 aromatic rings. The van der Waals surface area contributed by atoms with Crippen molar-refractivity contribution >= 4 is 32.5 Å². The quantitative estimate of drug-likeness (QED) is 0.716. The fourth-order valence-electron chi connectivity index (χ4n) is 2.31. The fourth-order valence-corrected chi connectivity index (χ4v) is 3.20. The second kappa shape index (κ2) is 5.26. The van der Waals surface area contributed by atoms with Gasteiger partial charge in [-0.05, 0) is 25.1 Å². The van der Waals surface area contributed by atoms with Crippen LogP contribution in [0.15, 0.2) is 35.4 Å². The Bertz CT molecular complexity index is 1050. The molecular formula is C14H10ClF2N3O2S. The number of hydrogen-bond acceptors (Lipinski definition) is 3. The van der Waals surface area contributed by atoms with E-state index in [4.69, 9.17) is 16.7 Å². The predicted molar refractivity (Wildman–Crippen MR) is 82.1 cm³/mol. The van der Waals surface area contributed by atoms with Crippen LogP contribution in [0.4, 0.5) is 8.78 Å². The molecule has 0 saturated carbocycles. The summed E-state index contributed by atoms with van der Waals surface area (Å²) in [4.78, 5) is 3.26. The molecule has 2 heterocycles. The topological polar surface area (TPSA) is 78.0 Å². The minimum atomic E-state index is -4.06. The van der Waals surface area contributed by atoms with Gasteiger partial charge in [0.2, 0.25) is 16.0 Å². The molecule has 0 spiro atoms. The number of primary sulfonamides is 1. The molecule has 2 aromatic heterocycles. The van der Waals surface area contributed by atoms with Gasteiger partial charge in [-0.2, -0.15) is 4.39 Å². The number of nitrogens with two attached hydrogens (primary N) is 1. The van der Waals surface area contributed by atoms with E-state index in [2.05, 4.69) is 4.98 Å². The maximum atomic E-state index is 14.1. The van der Waals surface area contributed by atoms with Gasteiger partial charge in [0.15, 0.2) is 0 Å². The van der Waals surface area contributed by atoms with Crippen molar-refractivity contribution in [3.05, 3.63) is 52.9 Å². The van der Waals surface area contributed by atoms with Gasteiger partial charge in [0, 0.05) is 22.7 Å². The summed E-state index contributed by atoms with van der Waals surface area (Å²) in [5.74, 6) is -1.66. The number of rotatable bonds is 2. The summed E-state index contributed by atoms with van der Waals surface area (Å²) in [5, 5.41) is 5.74. The normalized spacial score (nSPS) is 12.0. The number of hydrogen-bond donors (Lipinski definition) is 1. The number of halogens is 3. The SMILES string of the molecule is Cc1nc(F)c(-n2cc(S(N)(=O)=O)c3ccc(Cl)cc32)cc1F. The number of nitrogens with zero attached hydrogens (tertiary/aromatic N) is 2. The average Bonchev–Trinajstić information content (AvgIpc) is 2.81. The summed E-state index contributed by atoms with van der Waals surface area (Å²) in [6.45, 7) is 1.32. The third-order valence-electron chi connectivity index (χ3n) is 3.38. The second-order valence-corrected chi connectivity index (χ2v) is 6.90. The molecule has 3 rings (SSSR count). The zero-order chi connectivity index (χ0) is 16.9. The molecule has 9 heteroatoms. The first-order valence-corrected chi connectivity index (χ1v) is 8.27. The van der Waals surface area contributed by atoms with Crippen molar-refractivity contribution in [2.75, 3.05) is 0 Å². The highest BCUT2D eigenvalue weighted by atomic mass is 35.5. The maximum Gasteiger partial charge on any atom is 0.240 e. The van der Waals surface area contributed by atoms with Crippen LogP contribution in [0.25, 0.3) is 16.6 Å². The van der Waals surface area contributed by atoms with E-state index >= 15 is 0 Å². The van der Waals surface area contributed by atoms with E-state index < -0.39 is 21.8 Å². The Kier molecular flexibility index (Phi) is 3.62. The van der Waals surface area contributed by atoms with E-state index in [9.17, 15) is 17.2 Å². The lowest BCUT2D eigenvalue weighted by Crippen LogP contribution is -2.11. The molecule has 5 nitrogen and oxygen atoms in total. The van der Waals surface area contributed by atoms with Crippen LogP contribution in [0.3, 0.4) is 0 Å². The molecule has 0 aliphatic carbocycles. The summed E-state index contributed by atoms with van der Waals surface area (Å²) in [5.41, 5.74) is -0.0758. The monoisotopic (exact) mass is 357 g/mol. The smallest absolute Gasteiger partial charge is 0.240 e. The van der Waals surface area contributed by atoms with Gasteiger partial charge in [-0.25, -0.2) is 22.9 Å². The molecule has 0 fully saturated rings. The van der Waals surface area contributed by atoms with Gasteiger partial charge in [0.25, 0.3) is 0 Å². The standard InChI is InChI=1S/C14H10ClF2N3O2S/c1-7-10(16)5-12(14(17)19-7)20-6-13(23(18,21)22)9-3-2-8(15)4-11(9)20/h2-6H,1H3,(H2,18,21,22). The average molecular weight is 358 g/mol. The zero-order valence-electron chi connectivity index (χ0n) is 11.7. The third kappa shape index (κ3) is 2.69. The summed E-state index contributed by atoms with van der Waals surface area (Å²) in [6, 6.07) is 5.30. The van der Waals surface area contributed by atoms with Crippen LogP contribution in [-0.4, -0.2) is 18.0 Å². The lowest BCUT2D eigenvalue weighted by Gasteiger charge is -2.07. The van der Waals surface area contributed by atoms with Gasteiger partial charge >= 0.3 is 0 Å². The Hall–Kier alpha value is -2.03. The van der Waals surface area contributed by atoms with Crippen LogP contribution in [0.2, 0.25) is 5.02 Å². The predicted octanol–water partition coefficient (Wildman–Crippen LogP) is 2.91. The molecule has 0 saturated heterocycles. The Labute approximate surface area is 135 Å². The van der Waals surface area contributed by atoms with Gasteiger partial charge in [0.1, 0.15) is 16.4 Å². The minimum Gasteiger partial charge on any atom is -0.311 e. The maximum absolute atomic E-state index is 14.1. The molecule has 0 aliphatic heterocycles. The molecule has 1 aromatic carbocycles. The van der Waals surface area contributed by atoms with Crippen LogP contribution in [0.1, 0.15) is 5.69 Å². The van der Waals surface area contributed by atoms with Crippen LogP contribution >= 0.6 is 11.6 Å². The van der Waals surface area contributed by atoms with Crippen molar-refractivity contribution in [1.29, 1.82) is 0 Å². The second-order valence-electron chi connectivity index (χ2n) is 4.94. The van der Waals surface area contributed by atoms with Gasteiger partial charge < -0.3 is 4.57 Å². The highest BCUT2D eigenvalue weighted by molar-refractivity contribution is 7.89. The zero-order valence-corrected chi connectivity index (χ0v) is 13.3. The number of pyridine rings is 1. The number of fused-ring (bicyclic) bond motifs is 1. The van der Waals surface area contributed by atoms with Crippen LogP contribution < -0.4 is 5.14 Å². The Balaban J connectivity index is 2.43. The molecule has 0 unspecified atom stereocenters. The van der Waals surface area contributed by atoms with Gasteiger partial charge in [0.05, 0.1) is 11.2 Å². The number of aryl methyl sites for hydroxylation is 1. The molecule has 0 bridgehead atoms.